The van der Waals surface area contributed by atoms with Gasteiger partial charge in [-0.15, -0.1) is 11.3 Å². The predicted octanol–water partition coefficient (Wildman–Crippen LogP) is 4.59. The van der Waals surface area contributed by atoms with E-state index in [0.717, 1.165) is 16.8 Å². The number of nitrogens with zero attached hydrogens (tertiary/aromatic N) is 3. The van der Waals surface area contributed by atoms with E-state index < -0.39 is 0 Å². The first-order valence-corrected chi connectivity index (χ1v) is 10.7. The summed E-state index contributed by atoms with van der Waals surface area (Å²) < 4.78 is 7.07. The molecule has 1 aliphatic rings. The monoisotopic (exact) mass is 420 g/mol. The molecule has 1 fully saturated rings. The van der Waals surface area contributed by atoms with E-state index in [1.54, 1.807) is 15.5 Å². The van der Waals surface area contributed by atoms with E-state index >= 15 is 0 Å². The van der Waals surface area contributed by atoms with Crippen molar-refractivity contribution in [1.82, 2.24) is 14.5 Å². The van der Waals surface area contributed by atoms with Crippen LogP contribution in [0.1, 0.15) is 18.9 Å². The molecule has 5 rings (SSSR count). The van der Waals surface area contributed by atoms with Crippen LogP contribution in [-0.2, 0) is 0 Å². The van der Waals surface area contributed by atoms with Gasteiger partial charge in [0.2, 0.25) is 0 Å². The largest absolute Gasteiger partial charge is 0.420 e. The fourth-order valence-electron chi connectivity index (χ4n) is 3.90. The minimum absolute atomic E-state index is 0.0229. The summed E-state index contributed by atoms with van der Waals surface area (Å²) in [6.45, 7) is 1.14. The van der Waals surface area contributed by atoms with Gasteiger partial charge in [0.25, 0.3) is 0 Å². The van der Waals surface area contributed by atoms with Crippen LogP contribution in [0.2, 0.25) is 0 Å². The Kier molecular flexibility index (Phi) is 4.84. The number of likely N-dealkylation sites (tertiary alicyclic amines) is 1. The van der Waals surface area contributed by atoms with Crippen LogP contribution < -0.4 is 11.1 Å². The van der Waals surface area contributed by atoms with E-state index in [2.05, 4.69) is 10.3 Å². The number of oxazole rings is 1. The fourth-order valence-corrected chi connectivity index (χ4v) is 4.61. The molecule has 0 bridgehead atoms. The van der Waals surface area contributed by atoms with Crippen molar-refractivity contribution in [3.63, 3.8) is 0 Å². The number of amides is 2. The third-order valence-corrected chi connectivity index (χ3v) is 6.18. The average Bonchev–Trinajstić information content (AvgIpc) is 3.38. The number of urea groups is 1. The zero-order chi connectivity index (χ0) is 20.5. The van der Waals surface area contributed by atoms with Crippen molar-refractivity contribution in [2.45, 2.75) is 18.9 Å². The molecule has 0 spiro atoms. The Balaban J connectivity index is 1.24. The maximum Gasteiger partial charge on any atom is 0.420 e. The van der Waals surface area contributed by atoms with Crippen molar-refractivity contribution in [3.8, 4) is 11.3 Å². The standard InChI is InChI=1S/C22H20N4O3S/c27-21(24-20-23-17(14-30-20)15-6-2-1-3-7-15)25-12-10-16(11-13-25)26-18-8-4-5-9-19(18)29-22(26)28/h1-9,14,16H,10-13H2,(H,23,24,27). The summed E-state index contributed by atoms with van der Waals surface area (Å²) in [6, 6.07) is 17.2. The van der Waals surface area contributed by atoms with Gasteiger partial charge >= 0.3 is 11.8 Å². The lowest BCUT2D eigenvalue weighted by molar-refractivity contribution is 0.182. The van der Waals surface area contributed by atoms with E-state index in [1.807, 2.05) is 53.9 Å². The Morgan fingerprint density at radius 3 is 2.60 bits per heavy atom. The van der Waals surface area contributed by atoms with Crippen LogP contribution in [0.25, 0.3) is 22.4 Å². The number of anilines is 1. The van der Waals surface area contributed by atoms with Gasteiger partial charge in [-0.2, -0.15) is 0 Å². The number of thiazole rings is 1. The van der Waals surface area contributed by atoms with Crippen molar-refractivity contribution < 1.29 is 9.21 Å². The molecule has 1 saturated heterocycles. The topological polar surface area (TPSA) is 80.4 Å². The van der Waals surface area contributed by atoms with Crippen LogP contribution in [0.5, 0.6) is 0 Å². The fraction of sp³-hybridized carbons (Fsp3) is 0.227. The number of para-hydroxylation sites is 2. The minimum atomic E-state index is -0.338. The molecular weight excluding hydrogens is 400 g/mol. The first-order chi connectivity index (χ1) is 14.7. The molecule has 3 heterocycles. The summed E-state index contributed by atoms with van der Waals surface area (Å²) in [5.74, 6) is -0.338. The quantitative estimate of drug-likeness (QED) is 0.526. The van der Waals surface area contributed by atoms with Crippen molar-refractivity contribution in [3.05, 3.63) is 70.5 Å². The Morgan fingerprint density at radius 1 is 1.07 bits per heavy atom. The number of carbonyl (C=O) groups is 1. The maximum absolute atomic E-state index is 12.7. The van der Waals surface area contributed by atoms with Crippen LogP contribution >= 0.6 is 11.3 Å². The molecule has 152 valence electrons. The first kappa shape index (κ1) is 18.6. The molecule has 0 aliphatic carbocycles. The highest BCUT2D eigenvalue weighted by Crippen LogP contribution is 2.27. The van der Waals surface area contributed by atoms with Gasteiger partial charge in [0.15, 0.2) is 10.7 Å². The van der Waals surface area contributed by atoms with Gasteiger partial charge < -0.3 is 9.32 Å². The summed E-state index contributed by atoms with van der Waals surface area (Å²) in [6.07, 6.45) is 1.40. The molecule has 0 atom stereocenters. The third kappa shape index (κ3) is 3.50. The second-order valence-electron chi connectivity index (χ2n) is 7.26. The lowest BCUT2D eigenvalue weighted by atomic mass is 10.0. The highest BCUT2D eigenvalue weighted by molar-refractivity contribution is 7.14. The highest BCUT2D eigenvalue weighted by Gasteiger charge is 2.27. The van der Waals surface area contributed by atoms with Crippen LogP contribution in [0, 0.1) is 0 Å². The van der Waals surface area contributed by atoms with Crippen molar-refractivity contribution in [2.24, 2.45) is 0 Å². The molecule has 0 saturated carbocycles. The molecule has 30 heavy (non-hydrogen) atoms. The Morgan fingerprint density at radius 2 is 1.80 bits per heavy atom. The number of hydrogen-bond acceptors (Lipinski definition) is 5. The molecule has 0 unspecified atom stereocenters. The van der Waals surface area contributed by atoms with Crippen LogP contribution in [-0.4, -0.2) is 33.6 Å². The number of fused-ring (bicyclic) bond motifs is 1. The molecule has 8 heteroatoms. The molecule has 2 amide bonds. The van der Waals surface area contributed by atoms with Crippen molar-refractivity contribution in [2.75, 3.05) is 18.4 Å². The van der Waals surface area contributed by atoms with Gasteiger partial charge in [-0.25, -0.2) is 14.6 Å². The van der Waals surface area contributed by atoms with Gasteiger partial charge in [0, 0.05) is 30.1 Å². The second kappa shape index (κ2) is 7.79. The number of carbonyl (C=O) groups excluding carboxylic acids is 1. The van der Waals surface area contributed by atoms with Crippen molar-refractivity contribution >= 4 is 33.6 Å². The van der Waals surface area contributed by atoms with Gasteiger partial charge in [-0.1, -0.05) is 42.5 Å². The van der Waals surface area contributed by atoms with E-state index in [0.29, 0.717) is 36.6 Å². The zero-order valence-corrected chi connectivity index (χ0v) is 17.0. The first-order valence-electron chi connectivity index (χ1n) is 9.86. The number of rotatable bonds is 3. The Hall–Kier alpha value is -3.39. The average molecular weight is 420 g/mol. The van der Waals surface area contributed by atoms with Gasteiger partial charge in [-0.05, 0) is 25.0 Å². The molecule has 2 aromatic heterocycles. The number of benzene rings is 2. The number of piperidine rings is 1. The summed E-state index contributed by atoms with van der Waals surface area (Å²) in [4.78, 5) is 31.3. The van der Waals surface area contributed by atoms with Crippen LogP contribution in [0.4, 0.5) is 9.93 Å². The van der Waals surface area contributed by atoms with Crippen molar-refractivity contribution in [1.29, 1.82) is 0 Å². The molecule has 7 nitrogen and oxygen atoms in total. The Labute approximate surface area is 176 Å². The third-order valence-electron chi connectivity index (χ3n) is 5.42. The van der Waals surface area contributed by atoms with E-state index in [-0.39, 0.29) is 17.8 Å². The zero-order valence-electron chi connectivity index (χ0n) is 16.2. The van der Waals surface area contributed by atoms with E-state index in [1.165, 1.54) is 11.3 Å². The molecule has 1 N–H and O–H groups in total. The number of aromatic nitrogens is 2. The summed E-state index contributed by atoms with van der Waals surface area (Å²) in [5, 5.41) is 5.42. The number of nitrogens with one attached hydrogen (secondary N) is 1. The second-order valence-corrected chi connectivity index (χ2v) is 8.12. The van der Waals surface area contributed by atoms with Gasteiger partial charge in [-0.3, -0.25) is 9.88 Å². The van der Waals surface area contributed by atoms with Crippen LogP contribution in [0.3, 0.4) is 0 Å². The minimum Gasteiger partial charge on any atom is -0.408 e. The van der Waals surface area contributed by atoms with Crippen LogP contribution in [0.15, 0.2) is 69.2 Å². The molecule has 4 aromatic rings. The molecular formula is C22H20N4O3S. The smallest absolute Gasteiger partial charge is 0.408 e. The lowest BCUT2D eigenvalue weighted by Gasteiger charge is -2.32. The van der Waals surface area contributed by atoms with E-state index in [4.69, 9.17) is 4.42 Å². The SMILES string of the molecule is O=C(Nc1nc(-c2ccccc2)cs1)N1CCC(n2c(=O)oc3ccccc32)CC1. The summed E-state index contributed by atoms with van der Waals surface area (Å²) >= 11 is 1.41. The highest BCUT2D eigenvalue weighted by atomic mass is 32.1. The lowest BCUT2D eigenvalue weighted by Crippen LogP contribution is -2.42. The molecule has 1 aliphatic heterocycles. The predicted molar refractivity (Wildman–Crippen MR) is 117 cm³/mol. The van der Waals surface area contributed by atoms with Gasteiger partial charge in [0.1, 0.15) is 0 Å². The van der Waals surface area contributed by atoms with E-state index in [9.17, 15) is 9.59 Å². The molecule has 0 radical (unpaired) electrons. The summed E-state index contributed by atoms with van der Waals surface area (Å²) in [7, 11) is 0. The number of hydrogen-bond donors (Lipinski definition) is 1. The summed E-state index contributed by atoms with van der Waals surface area (Å²) in [5.41, 5.74) is 3.27. The van der Waals surface area contributed by atoms with Gasteiger partial charge in [0.05, 0.1) is 11.2 Å². The maximum atomic E-state index is 12.7. The molecule has 2 aromatic carbocycles. The normalized spacial score (nSPS) is 14.9. The Bertz CT molecular complexity index is 1240.